The number of aromatic nitrogens is 2. The van der Waals surface area contributed by atoms with E-state index in [0.29, 0.717) is 16.5 Å². The minimum atomic E-state index is -0.528. The number of H-pyrrole nitrogens is 1. The van der Waals surface area contributed by atoms with Crippen molar-refractivity contribution in [3.05, 3.63) is 77.0 Å². The summed E-state index contributed by atoms with van der Waals surface area (Å²) in [5.41, 5.74) is 1.27. The summed E-state index contributed by atoms with van der Waals surface area (Å²) in [6.07, 6.45) is 3.00. The molecule has 2 heterocycles. The summed E-state index contributed by atoms with van der Waals surface area (Å²) in [7, 11) is 0. The molecule has 1 amide bonds. The Kier molecular flexibility index (Phi) is 5.23. The molecule has 0 aliphatic carbocycles. The lowest BCUT2D eigenvalue weighted by Gasteiger charge is -2.04. The normalized spacial score (nSPS) is 11.3. The van der Waals surface area contributed by atoms with E-state index in [4.69, 9.17) is 0 Å². The van der Waals surface area contributed by atoms with Crippen LogP contribution in [0.3, 0.4) is 0 Å². The maximum absolute atomic E-state index is 12.2. The molecule has 6 nitrogen and oxygen atoms in total. The van der Waals surface area contributed by atoms with E-state index < -0.39 is 5.91 Å². The highest BCUT2D eigenvalue weighted by atomic mass is 79.9. The molecule has 0 radical (unpaired) electrons. The second kappa shape index (κ2) is 7.95. The van der Waals surface area contributed by atoms with Crippen LogP contribution in [0.1, 0.15) is 10.4 Å². The maximum Gasteiger partial charge on any atom is 0.296 e. The number of pyridine rings is 1. The van der Waals surface area contributed by atoms with Crippen molar-refractivity contribution in [2.24, 2.45) is 10.2 Å². The highest BCUT2D eigenvalue weighted by Crippen LogP contribution is 2.43. The number of fused-ring (bicyclic) bond motifs is 1. The lowest BCUT2D eigenvalue weighted by Crippen LogP contribution is -1.93. The van der Waals surface area contributed by atoms with Crippen molar-refractivity contribution in [1.29, 1.82) is 0 Å². The van der Waals surface area contributed by atoms with Crippen LogP contribution in [-0.4, -0.2) is 21.0 Å². The third-order valence-electron chi connectivity index (χ3n) is 3.93. The molecule has 2 aromatic carbocycles. The molecule has 4 aromatic rings. The Balaban J connectivity index is 1.72. The van der Waals surface area contributed by atoms with Crippen LogP contribution in [-0.2, 0) is 0 Å². The van der Waals surface area contributed by atoms with Crippen molar-refractivity contribution < 1.29 is 9.90 Å². The molecule has 2 aromatic heterocycles. The second-order valence-electron chi connectivity index (χ2n) is 5.80. The van der Waals surface area contributed by atoms with Gasteiger partial charge in [-0.05, 0) is 48.5 Å². The zero-order valence-corrected chi connectivity index (χ0v) is 16.7. The maximum atomic E-state index is 12.2. The summed E-state index contributed by atoms with van der Waals surface area (Å²) in [6.45, 7) is 0. The van der Waals surface area contributed by atoms with Crippen molar-refractivity contribution in [3.8, 4) is 5.88 Å². The Hall–Kier alpha value is -2.97. The standard InChI is InChI=1S/C20H13BrN4O2S/c21-13-6-8-14(9-7-13)28-16-5-1-4-15-17(16)18(20(27)23-15)24-25-19(26)12-3-2-10-22-11-12/h1-11,23,27H. The fraction of sp³-hybridized carbons (Fsp3) is 0. The molecule has 0 bridgehead atoms. The Morgan fingerprint density at radius 3 is 2.68 bits per heavy atom. The molecule has 0 fully saturated rings. The summed E-state index contributed by atoms with van der Waals surface area (Å²) in [5, 5.41) is 18.8. The van der Waals surface area contributed by atoms with Crippen molar-refractivity contribution in [1.82, 2.24) is 9.97 Å². The summed E-state index contributed by atoms with van der Waals surface area (Å²) in [6, 6.07) is 16.8. The minimum absolute atomic E-state index is 0.137. The van der Waals surface area contributed by atoms with Crippen LogP contribution in [0.4, 0.5) is 5.69 Å². The van der Waals surface area contributed by atoms with Crippen molar-refractivity contribution in [2.45, 2.75) is 9.79 Å². The predicted molar refractivity (Wildman–Crippen MR) is 111 cm³/mol. The number of nitrogens with zero attached hydrogens (tertiary/aromatic N) is 3. The third kappa shape index (κ3) is 3.83. The fourth-order valence-electron chi connectivity index (χ4n) is 2.64. The summed E-state index contributed by atoms with van der Waals surface area (Å²) < 4.78 is 0.998. The van der Waals surface area contributed by atoms with Crippen molar-refractivity contribution in [3.63, 3.8) is 0 Å². The predicted octanol–water partition coefficient (Wildman–Crippen LogP) is 6.11. The van der Waals surface area contributed by atoms with E-state index in [1.54, 1.807) is 18.3 Å². The molecule has 0 aliphatic heterocycles. The molecule has 8 heteroatoms. The number of hydrogen-bond acceptors (Lipinski definition) is 5. The van der Waals surface area contributed by atoms with Gasteiger partial charge in [-0.3, -0.25) is 9.78 Å². The number of carbonyl (C=O) groups is 1. The monoisotopic (exact) mass is 452 g/mol. The first-order chi connectivity index (χ1) is 13.6. The van der Waals surface area contributed by atoms with Gasteiger partial charge in [0.05, 0.1) is 11.1 Å². The first kappa shape index (κ1) is 18.4. The molecule has 0 unspecified atom stereocenters. The van der Waals surface area contributed by atoms with Crippen LogP contribution in [0, 0.1) is 0 Å². The molecule has 0 aliphatic rings. The number of rotatable bonds is 4. The molecule has 138 valence electrons. The van der Waals surface area contributed by atoms with Gasteiger partial charge in [-0.1, -0.05) is 33.8 Å². The number of aromatic hydroxyl groups is 1. The van der Waals surface area contributed by atoms with Crippen LogP contribution in [0.25, 0.3) is 10.9 Å². The van der Waals surface area contributed by atoms with Gasteiger partial charge in [-0.15, -0.1) is 10.2 Å². The number of halogens is 1. The number of azo groups is 1. The second-order valence-corrected chi connectivity index (χ2v) is 7.83. The number of benzene rings is 2. The fourth-order valence-corrected chi connectivity index (χ4v) is 3.88. The van der Waals surface area contributed by atoms with E-state index in [0.717, 1.165) is 14.3 Å². The quantitative estimate of drug-likeness (QED) is 0.365. The van der Waals surface area contributed by atoms with Gasteiger partial charge in [-0.25, -0.2) is 0 Å². The molecule has 2 N–H and O–H groups in total. The Bertz CT molecular complexity index is 1170. The molecule has 0 atom stereocenters. The lowest BCUT2D eigenvalue weighted by atomic mass is 10.2. The Morgan fingerprint density at radius 2 is 1.93 bits per heavy atom. The van der Waals surface area contributed by atoms with E-state index >= 15 is 0 Å². The first-order valence-electron chi connectivity index (χ1n) is 8.25. The zero-order chi connectivity index (χ0) is 19.5. The van der Waals surface area contributed by atoms with E-state index in [2.05, 4.69) is 36.1 Å². The molecule has 0 saturated carbocycles. The summed E-state index contributed by atoms with van der Waals surface area (Å²) in [4.78, 5) is 20.9. The molecule has 0 spiro atoms. The average Bonchev–Trinajstić information content (AvgIpc) is 3.04. The van der Waals surface area contributed by atoms with Gasteiger partial charge in [-0.2, -0.15) is 0 Å². The van der Waals surface area contributed by atoms with Crippen LogP contribution >= 0.6 is 27.7 Å². The van der Waals surface area contributed by atoms with Crippen LogP contribution in [0.2, 0.25) is 0 Å². The molecule has 4 rings (SSSR count). The molecule has 0 saturated heterocycles. The third-order valence-corrected chi connectivity index (χ3v) is 5.53. The van der Waals surface area contributed by atoms with Crippen LogP contribution in [0.15, 0.2) is 91.5 Å². The van der Waals surface area contributed by atoms with Crippen LogP contribution in [0.5, 0.6) is 5.88 Å². The SMILES string of the molecule is O=C(N=Nc1c(O)[nH]c2cccc(Sc3ccc(Br)cc3)c12)c1cccnc1. The van der Waals surface area contributed by atoms with Crippen molar-refractivity contribution in [2.75, 3.05) is 0 Å². The highest BCUT2D eigenvalue weighted by Gasteiger charge is 2.16. The van der Waals surface area contributed by atoms with Crippen LogP contribution < -0.4 is 0 Å². The zero-order valence-electron chi connectivity index (χ0n) is 14.3. The Labute approximate surface area is 172 Å². The molecular weight excluding hydrogens is 440 g/mol. The number of amides is 1. The largest absolute Gasteiger partial charge is 0.493 e. The van der Waals surface area contributed by atoms with E-state index in [9.17, 15) is 9.90 Å². The van der Waals surface area contributed by atoms with Crippen molar-refractivity contribution >= 4 is 50.2 Å². The smallest absolute Gasteiger partial charge is 0.296 e. The molecule has 28 heavy (non-hydrogen) atoms. The van der Waals surface area contributed by atoms with Gasteiger partial charge in [0, 0.05) is 32.0 Å². The Morgan fingerprint density at radius 1 is 1.11 bits per heavy atom. The van der Waals surface area contributed by atoms with Gasteiger partial charge >= 0.3 is 0 Å². The first-order valence-corrected chi connectivity index (χ1v) is 9.86. The average molecular weight is 453 g/mol. The van der Waals surface area contributed by atoms with Gasteiger partial charge in [0.25, 0.3) is 5.91 Å². The number of aromatic amines is 1. The summed E-state index contributed by atoms with van der Waals surface area (Å²) >= 11 is 4.96. The number of nitrogens with one attached hydrogen (secondary N) is 1. The van der Waals surface area contributed by atoms with Gasteiger partial charge in [0.15, 0.2) is 5.69 Å². The van der Waals surface area contributed by atoms with E-state index in [1.807, 2.05) is 42.5 Å². The topological polar surface area (TPSA) is 90.7 Å². The number of hydrogen-bond donors (Lipinski definition) is 2. The summed E-state index contributed by atoms with van der Waals surface area (Å²) in [5.74, 6) is -0.665. The van der Waals surface area contributed by atoms with E-state index in [1.165, 1.54) is 18.0 Å². The lowest BCUT2D eigenvalue weighted by molar-refractivity contribution is 0.0994. The number of carbonyl (C=O) groups excluding carboxylic acids is 1. The highest BCUT2D eigenvalue weighted by molar-refractivity contribution is 9.10. The minimum Gasteiger partial charge on any atom is -0.493 e. The van der Waals surface area contributed by atoms with Gasteiger partial charge in [0.2, 0.25) is 5.88 Å². The van der Waals surface area contributed by atoms with E-state index in [-0.39, 0.29) is 11.6 Å². The molecular formula is C20H13BrN4O2S. The van der Waals surface area contributed by atoms with Gasteiger partial charge in [0.1, 0.15) is 0 Å². The van der Waals surface area contributed by atoms with Gasteiger partial charge < -0.3 is 10.1 Å².